The van der Waals surface area contributed by atoms with Gasteiger partial charge in [-0.1, -0.05) is 17.3 Å². The largest absolute Gasteiger partial charge is 0.401 e. The van der Waals surface area contributed by atoms with Gasteiger partial charge in [-0.15, -0.1) is 0 Å². The Labute approximate surface area is 214 Å². The van der Waals surface area contributed by atoms with Crippen molar-refractivity contribution in [3.63, 3.8) is 0 Å². The fourth-order valence-corrected chi connectivity index (χ4v) is 4.13. The maximum atomic E-state index is 14.8. The maximum Gasteiger partial charge on any atom is 0.401 e. The summed E-state index contributed by atoms with van der Waals surface area (Å²) >= 11 is 0. The Morgan fingerprint density at radius 2 is 1.87 bits per heavy atom. The Hall–Kier alpha value is -4.29. The standard InChI is InChI=1S/C25H23F4N7O2/c1-3-36-14(2)19(13-32-36)33-23-30-11-17(12-31-23)15-4-5-16(18(26)8-15)9-22(37)34-21-10-20(38-35-21)24(6-7-24)25(27,28)29/h4-5,8,10-13H,3,6-7,9H2,1-2H3,(H,30,31,33)(H,34,35,37). The van der Waals surface area contributed by atoms with Crippen LogP contribution in [0.5, 0.6) is 0 Å². The number of benzene rings is 1. The first-order valence-corrected chi connectivity index (χ1v) is 11.8. The molecule has 1 aliphatic carbocycles. The highest BCUT2D eigenvalue weighted by Gasteiger charge is 2.66. The quantitative estimate of drug-likeness (QED) is 0.298. The number of nitrogens with zero attached hydrogens (tertiary/aromatic N) is 5. The zero-order chi connectivity index (χ0) is 27.1. The molecule has 4 aromatic rings. The van der Waals surface area contributed by atoms with E-state index in [4.69, 9.17) is 4.52 Å². The Morgan fingerprint density at radius 1 is 1.13 bits per heavy atom. The third-order valence-electron chi connectivity index (χ3n) is 6.58. The molecule has 0 atom stereocenters. The number of alkyl halides is 3. The van der Waals surface area contributed by atoms with Crippen LogP contribution in [0.3, 0.4) is 0 Å². The SMILES string of the molecule is CCn1ncc(Nc2ncc(-c3ccc(CC(=O)Nc4cc(C5(C(F)(F)F)CC5)on4)c(F)c3)cn2)c1C. The number of halogens is 4. The van der Waals surface area contributed by atoms with E-state index in [2.05, 4.69) is 30.9 Å². The van der Waals surface area contributed by atoms with E-state index in [-0.39, 0.29) is 36.4 Å². The Kier molecular flexibility index (Phi) is 6.37. The number of rotatable bonds is 8. The number of amides is 1. The third kappa shape index (κ3) is 4.83. The van der Waals surface area contributed by atoms with E-state index >= 15 is 0 Å². The molecule has 0 bridgehead atoms. The molecule has 1 amide bonds. The lowest BCUT2D eigenvalue weighted by Crippen LogP contribution is -2.28. The molecule has 1 saturated carbocycles. The number of aromatic nitrogens is 5. The molecule has 0 aliphatic heterocycles. The highest BCUT2D eigenvalue weighted by molar-refractivity contribution is 5.91. The number of hydrogen-bond donors (Lipinski definition) is 2. The first kappa shape index (κ1) is 25.4. The Bertz CT molecular complexity index is 1470. The van der Waals surface area contributed by atoms with Crippen LogP contribution in [0.1, 0.15) is 36.8 Å². The van der Waals surface area contributed by atoms with Crippen LogP contribution in [-0.4, -0.2) is 37.0 Å². The maximum absolute atomic E-state index is 14.8. The van der Waals surface area contributed by atoms with Gasteiger partial charge in [0.2, 0.25) is 11.9 Å². The average Bonchev–Trinajstić information content (AvgIpc) is 3.47. The van der Waals surface area contributed by atoms with Crippen molar-refractivity contribution < 1.29 is 26.9 Å². The van der Waals surface area contributed by atoms with Crippen molar-refractivity contribution >= 4 is 23.4 Å². The molecule has 38 heavy (non-hydrogen) atoms. The molecule has 5 rings (SSSR count). The number of hydrogen-bond acceptors (Lipinski definition) is 7. The normalized spacial score (nSPS) is 14.4. The summed E-state index contributed by atoms with van der Waals surface area (Å²) in [7, 11) is 0. The van der Waals surface area contributed by atoms with Gasteiger partial charge in [-0.2, -0.15) is 18.3 Å². The van der Waals surface area contributed by atoms with Gasteiger partial charge in [-0.05, 0) is 43.9 Å². The Morgan fingerprint density at radius 3 is 2.47 bits per heavy atom. The fourth-order valence-electron chi connectivity index (χ4n) is 4.13. The summed E-state index contributed by atoms with van der Waals surface area (Å²) in [4.78, 5) is 20.9. The van der Waals surface area contributed by atoms with Gasteiger partial charge in [-0.3, -0.25) is 9.48 Å². The molecule has 3 heterocycles. The van der Waals surface area contributed by atoms with E-state index in [1.807, 2.05) is 18.5 Å². The van der Waals surface area contributed by atoms with E-state index in [9.17, 15) is 22.4 Å². The second kappa shape index (κ2) is 9.54. The average molecular weight is 529 g/mol. The van der Waals surface area contributed by atoms with Crippen molar-refractivity contribution in [2.45, 2.75) is 51.2 Å². The molecule has 0 radical (unpaired) electrons. The van der Waals surface area contributed by atoms with Crippen LogP contribution >= 0.6 is 0 Å². The molecule has 1 fully saturated rings. The predicted octanol–water partition coefficient (Wildman–Crippen LogP) is 5.31. The van der Waals surface area contributed by atoms with Gasteiger partial charge in [0.05, 0.1) is 24.0 Å². The summed E-state index contributed by atoms with van der Waals surface area (Å²) in [5.41, 5.74) is 0.865. The molecule has 0 spiro atoms. The van der Waals surface area contributed by atoms with Crippen LogP contribution in [-0.2, 0) is 23.2 Å². The molecule has 3 aromatic heterocycles. The molecule has 0 saturated heterocycles. The van der Waals surface area contributed by atoms with Gasteiger partial charge in [-0.25, -0.2) is 14.4 Å². The zero-order valence-corrected chi connectivity index (χ0v) is 20.4. The summed E-state index contributed by atoms with van der Waals surface area (Å²) in [6.45, 7) is 4.65. The number of anilines is 3. The molecule has 198 valence electrons. The lowest BCUT2D eigenvalue weighted by atomic mass is 10.0. The van der Waals surface area contributed by atoms with E-state index < -0.39 is 23.3 Å². The van der Waals surface area contributed by atoms with E-state index in [1.54, 1.807) is 24.7 Å². The summed E-state index contributed by atoms with van der Waals surface area (Å²) in [6, 6.07) is 5.41. The van der Waals surface area contributed by atoms with Gasteiger partial charge in [0.15, 0.2) is 11.6 Å². The molecule has 9 nitrogen and oxygen atoms in total. The van der Waals surface area contributed by atoms with Crippen LogP contribution in [0.15, 0.2) is 47.4 Å². The number of carbonyl (C=O) groups is 1. The summed E-state index contributed by atoms with van der Waals surface area (Å²) in [5, 5.41) is 13.2. The van der Waals surface area contributed by atoms with Crippen LogP contribution in [0.2, 0.25) is 0 Å². The van der Waals surface area contributed by atoms with Crippen LogP contribution in [0, 0.1) is 12.7 Å². The van der Waals surface area contributed by atoms with Crippen LogP contribution in [0.4, 0.5) is 35.0 Å². The van der Waals surface area contributed by atoms with Crippen molar-refractivity contribution in [2.24, 2.45) is 0 Å². The monoisotopic (exact) mass is 529 g/mol. The lowest BCUT2D eigenvalue weighted by molar-refractivity contribution is -0.165. The molecular formula is C25H23F4N7O2. The zero-order valence-electron chi connectivity index (χ0n) is 20.4. The minimum absolute atomic E-state index is 0.0921. The molecule has 1 aromatic carbocycles. The molecule has 0 unspecified atom stereocenters. The number of aryl methyl sites for hydroxylation is 1. The van der Waals surface area contributed by atoms with Crippen molar-refractivity contribution in [3.8, 4) is 11.1 Å². The Balaban J connectivity index is 1.21. The minimum atomic E-state index is -4.46. The van der Waals surface area contributed by atoms with Crippen LogP contribution in [0.25, 0.3) is 11.1 Å². The van der Waals surface area contributed by atoms with Gasteiger partial charge < -0.3 is 15.2 Å². The first-order chi connectivity index (χ1) is 18.1. The lowest BCUT2D eigenvalue weighted by Gasteiger charge is -2.14. The number of nitrogens with one attached hydrogen (secondary N) is 2. The fraction of sp³-hybridized carbons (Fsp3) is 0.320. The smallest absolute Gasteiger partial charge is 0.358 e. The van der Waals surface area contributed by atoms with Crippen molar-refractivity contribution in [1.82, 2.24) is 24.9 Å². The second-order valence-electron chi connectivity index (χ2n) is 9.07. The van der Waals surface area contributed by atoms with Gasteiger partial charge in [0, 0.05) is 30.6 Å². The topological polar surface area (TPSA) is 111 Å². The van der Waals surface area contributed by atoms with Crippen LogP contribution < -0.4 is 10.6 Å². The molecule has 1 aliphatic rings. The van der Waals surface area contributed by atoms with E-state index in [1.165, 1.54) is 12.1 Å². The van der Waals surface area contributed by atoms with Gasteiger partial charge >= 0.3 is 6.18 Å². The number of carbonyl (C=O) groups excluding carboxylic acids is 1. The second-order valence-corrected chi connectivity index (χ2v) is 9.07. The molecule has 13 heteroatoms. The van der Waals surface area contributed by atoms with Crippen molar-refractivity contribution in [1.29, 1.82) is 0 Å². The summed E-state index contributed by atoms with van der Waals surface area (Å²) in [6.07, 6.45) is -0.205. The van der Waals surface area contributed by atoms with Crippen molar-refractivity contribution in [2.75, 3.05) is 10.6 Å². The van der Waals surface area contributed by atoms with E-state index in [0.29, 0.717) is 17.1 Å². The molecular weight excluding hydrogens is 506 g/mol. The third-order valence-corrected chi connectivity index (χ3v) is 6.58. The molecule has 2 N–H and O–H groups in total. The highest BCUT2D eigenvalue weighted by atomic mass is 19.4. The summed E-state index contributed by atoms with van der Waals surface area (Å²) < 4.78 is 61.2. The minimum Gasteiger partial charge on any atom is -0.358 e. The van der Waals surface area contributed by atoms with E-state index in [0.717, 1.165) is 24.0 Å². The van der Waals surface area contributed by atoms with Gasteiger partial charge in [0.25, 0.3) is 0 Å². The van der Waals surface area contributed by atoms with Crippen molar-refractivity contribution in [3.05, 3.63) is 65.7 Å². The predicted molar refractivity (Wildman–Crippen MR) is 129 cm³/mol. The first-order valence-electron chi connectivity index (χ1n) is 11.8. The highest BCUT2D eigenvalue weighted by Crippen LogP contribution is 2.59. The van der Waals surface area contributed by atoms with Gasteiger partial charge in [0.1, 0.15) is 11.2 Å². The summed E-state index contributed by atoms with van der Waals surface area (Å²) in [5.74, 6) is -1.41.